The molecule has 26 heavy (non-hydrogen) atoms. The maximum atomic E-state index is 5.60. The van der Waals surface area contributed by atoms with Gasteiger partial charge in [-0.1, -0.05) is 36.4 Å². The van der Waals surface area contributed by atoms with Crippen molar-refractivity contribution in [3.63, 3.8) is 0 Å². The van der Waals surface area contributed by atoms with E-state index in [0.717, 1.165) is 39.8 Å². The molecule has 0 saturated heterocycles. The quantitative estimate of drug-likeness (QED) is 0.489. The van der Waals surface area contributed by atoms with Gasteiger partial charge in [-0.05, 0) is 25.0 Å². The van der Waals surface area contributed by atoms with Crippen LogP contribution in [-0.2, 0) is 6.42 Å². The van der Waals surface area contributed by atoms with E-state index < -0.39 is 0 Å². The number of para-hydroxylation sites is 2. The number of nitrogens with zero attached hydrogens (tertiary/aromatic N) is 6. The zero-order valence-corrected chi connectivity index (χ0v) is 14.8. The summed E-state index contributed by atoms with van der Waals surface area (Å²) in [5.74, 6) is 1.00. The predicted molar refractivity (Wildman–Crippen MR) is 95.6 cm³/mol. The van der Waals surface area contributed by atoms with Crippen molar-refractivity contribution in [3.05, 3.63) is 59.4 Å². The summed E-state index contributed by atoms with van der Waals surface area (Å²) in [7, 11) is 0. The lowest BCUT2D eigenvalue weighted by atomic mass is 10.1. The lowest BCUT2D eigenvalue weighted by molar-refractivity contribution is 0.418. The Morgan fingerprint density at radius 1 is 1.12 bits per heavy atom. The van der Waals surface area contributed by atoms with Crippen LogP contribution in [0.3, 0.4) is 0 Å². The average Bonchev–Trinajstić information content (AvgIpc) is 3.33. The molecule has 7 nitrogen and oxygen atoms in total. The summed E-state index contributed by atoms with van der Waals surface area (Å²) < 4.78 is 9.63. The highest BCUT2D eigenvalue weighted by Crippen LogP contribution is 2.33. The van der Waals surface area contributed by atoms with Crippen molar-refractivity contribution in [2.24, 2.45) is 0 Å². The van der Waals surface area contributed by atoms with Crippen molar-refractivity contribution < 1.29 is 4.52 Å². The molecule has 1 aliphatic heterocycles. The van der Waals surface area contributed by atoms with Gasteiger partial charge in [0.25, 0.3) is 0 Å². The van der Waals surface area contributed by atoms with Crippen LogP contribution in [0, 0.1) is 6.92 Å². The van der Waals surface area contributed by atoms with Crippen molar-refractivity contribution in [3.8, 4) is 22.8 Å². The van der Waals surface area contributed by atoms with Crippen LogP contribution in [0.1, 0.15) is 42.5 Å². The highest BCUT2D eigenvalue weighted by atomic mass is 16.5. The van der Waals surface area contributed by atoms with Gasteiger partial charge >= 0.3 is 0 Å². The summed E-state index contributed by atoms with van der Waals surface area (Å²) >= 11 is 0. The lowest BCUT2D eigenvalue weighted by Crippen LogP contribution is -2.02. The molecule has 0 saturated carbocycles. The van der Waals surface area contributed by atoms with Gasteiger partial charge in [-0.15, -0.1) is 5.10 Å². The maximum Gasteiger partial charge on any atom is 0.187 e. The van der Waals surface area contributed by atoms with Gasteiger partial charge in [-0.3, -0.25) is 4.57 Å². The largest absolute Gasteiger partial charge is 0.354 e. The fourth-order valence-electron chi connectivity index (χ4n) is 3.41. The van der Waals surface area contributed by atoms with Crippen LogP contribution in [0.5, 0.6) is 0 Å². The van der Waals surface area contributed by atoms with Crippen molar-refractivity contribution >= 4 is 0 Å². The van der Waals surface area contributed by atoms with Crippen LogP contribution >= 0.6 is 0 Å². The van der Waals surface area contributed by atoms with E-state index in [-0.39, 0.29) is 0 Å². The van der Waals surface area contributed by atoms with Crippen molar-refractivity contribution in [2.45, 2.75) is 33.1 Å². The van der Waals surface area contributed by atoms with Gasteiger partial charge in [-0.25, -0.2) is 9.67 Å². The number of benzene rings is 1. The first-order chi connectivity index (χ1) is 12.6. The molecule has 0 atom stereocenters. The molecule has 0 amide bonds. The molecule has 7 heteroatoms. The highest BCUT2D eigenvalue weighted by molar-refractivity contribution is 5.63. The monoisotopic (exact) mass is 346 g/mol. The molecule has 3 aromatic heterocycles. The second kappa shape index (κ2) is 5.39. The Labute approximate surface area is 150 Å². The average molecular weight is 346 g/mol. The van der Waals surface area contributed by atoms with Gasteiger partial charge in [0.2, 0.25) is 0 Å². The van der Waals surface area contributed by atoms with Crippen LogP contribution in [0.2, 0.25) is 0 Å². The van der Waals surface area contributed by atoms with Crippen LogP contribution in [-0.4, -0.2) is 29.7 Å². The number of aromatic nitrogens is 6. The Balaban J connectivity index is 1.75. The number of hydrogen-bond acceptors (Lipinski definition) is 5. The van der Waals surface area contributed by atoms with Crippen LogP contribution < -0.4 is 0 Å². The van der Waals surface area contributed by atoms with Crippen LogP contribution in [0.15, 0.2) is 41.2 Å². The summed E-state index contributed by atoms with van der Waals surface area (Å²) in [5, 5.41) is 12.8. The zero-order valence-electron chi connectivity index (χ0n) is 14.8. The molecule has 0 N–H and O–H groups in total. The van der Waals surface area contributed by atoms with Gasteiger partial charge in [0, 0.05) is 12.5 Å². The molecule has 130 valence electrons. The molecule has 0 fully saturated rings. The molecule has 0 radical (unpaired) electrons. The zero-order chi connectivity index (χ0) is 17.8. The maximum absolute atomic E-state index is 5.60. The second-order valence-electron chi connectivity index (χ2n) is 6.88. The van der Waals surface area contributed by atoms with Crippen molar-refractivity contribution in [1.82, 2.24) is 29.7 Å². The summed E-state index contributed by atoms with van der Waals surface area (Å²) in [6.45, 7) is 6.18. The Morgan fingerprint density at radius 2 is 1.92 bits per heavy atom. The summed E-state index contributed by atoms with van der Waals surface area (Å²) in [6, 6.07) is 10.1. The fraction of sp³-hybridized carbons (Fsp3) is 0.263. The number of hydrogen-bond donors (Lipinski definition) is 0. The van der Waals surface area contributed by atoms with Crippen LogP contribution in [0.4, 0.5) is 0 Å². The Bertz CT molecular complexity index is 1120. The van der Waals surface area contributed by atoms with Gasteiger partial charge in [0.1, 0.15) is 12.0 Å². The number of fused-ring (bicyclic) bond motifs is 5. The molecular weight excluding hydrogens is 328 g/mol. The second-order valence-corrected chi connectivity index (χ2v) is 6.88. The Kier molecular flexibility index (Phi) is 3.12. The van der Waals surface area contributed by atoms with Crippen molar-refractivity contribution in [1.29, 1.82) is 0 Å². The molecule has 0 spiro atoms. The smallest absolute Gasteiger partial charge is 0.187 e. The topological polar surface area (TPSA) is 74.6 Å². The number of imidazole rings is 1. The van der Waals surface area contributed by atoms with E-state index in [0.29, 0.717) is 18.1 Å². The lowest BCUT2D eigenvalue weighted by Gasteiger charge is -2.08. The van der Waals surface area contributed by atoms with E-state index in [1.807, 2.05) is 42.2 Å². The minimum Gasteiger partial charge on any atom is -0.354 e. The van der Waals surface area contributed by atoms with E-state index in [1.54, 1.807) is 0 Å². The molecule has 1 aromatic carbocycles. The minimum absolute atomic E-state index is 0.308. The first-order valence-corrected chi connectivity index (χ1v) is 8.67. The summed E-state index contributed by atoms with van der Waals surface area (Å²) in [5.41, 5.74) is 6.78. The molecular formula is C19H18N6O. The highest BCUT2D eigenvalue weighted by Gasteiger charge is 2.26. The van der Waals surface area contributed by atoms with Crippen LogP contribution in [0.25, 0.3) is 22.8 Å². The standard InChI is InChI=1S/C19H18N6O/c1-11(2)13-8-18(26-22-13)19-17-9-16-12(3)21-23-25(16)15-7-5-4-6-14(15)24(17)10-20-19/h4-8,10-11H,9H2,1-3H3. The minimum atomic E-state index is 0.308. The summed E-state index contributed by atoms with van der Waals surface area (Å²) in [6.07, 6.45) is 2.51. The molecule has 0 unspecified atom stereocenters. The van der Waals surface area contributed by atoms with Gasteiger partial charge in [0.15, 0.2) is 5.76 Å². The van der Waals surface area contributed by atoms with E-state index in [2.05, 4.69) is 44.9 Å². The Morgan fingerprint density at radius 3 is 2.69 bits per heavy atom. The number of rotatable bonds is 2. The Hall–Kier alpha value is -3.22. The van der Waals surface area contributed by atoms with E-state index in [9.17, 15) is 0 Å². The fourth-order valence-corrected chi connectivity index (χ4v) is 3.41. The third kappa shape index (κ3) is 2.06. The van der Waals surface area contributed by atoms with Gasteiger partial charge in [0.05, 0.1) is 34.2 Å². The number of aryl methyl sites for hydroxylation is 1. The van der Waals surface area contributed by atoms with Gasteiger partial charge < -0.3 is 4.52 Å². The van der Waals surface area contributed by atoms with Gasteiger partial charge in [-0.2, -0.15) is 0 Å². The molecule has 0 aliphatic carbocycles. The van der Waals surface area contributed by atoms with Crippen molar-refractivity contribution in [2.75, 3.05) is 0 Å². The molecule has 1 aliphatic rings. The van der Waals surface area contributed by atoms with E-state index >= 15 is 0 Å². The third-order valence-corrected chi connectivity index (χ3v) is 4.88. The molecule has 5 rings (SSSR count). The normalized spacial score (nSPS) is 12.6. The molecule has 4 heterocycles. The first-order valence-electron chi connectivity index (χ1n) is 8.67. The summed E-state index contributed by atoms with van der Waals surface area (Å²) in [4.78, 5) is 4.65. The third-order valence-electron chi connectivity index (χ3n) is 4.88. The first kappa shape index (κ1) is 15.1. The van der Waals surface area contributed by atoms with E-state index in [1.165, 1.54) is 0 Å². The molecule has 0 bridgehead atoms. The van der Waals surface area contributed by atoms with E-state index in [4.69, 9.17) is 4.52 Å². The SMILES string of the molecule is Cc1nnn2c1Cc1c(-c3cc(C(C)C)no3)ncn1-c1ccccc1-2. The molecule has 4 aromatic rings. The predicted octanol–water partition coefficient (Wildman–Crippen LogP) is 3.44.